The molecule has 38 heavy (non-hydrogen) atoms. The first-order valence-corrected chi connectivity index (χ1v) is 12.9. The lowest BCUT2D eigenvalue weighted by Gasteiger charge is -2.39. The van der Waals surface area contributed by atoms with Crippen LogP contribution in [0.2, 0.25) is 0 Å². The fraction of sp³-hybridized carbons (Fsp3) is 1.00. The van der Waals surface area contributed by atoms with Crippen LogP contribution in [0.4, 0.5) is 57.1 Å². The van der Waals surface area contributed by atoms with Gasteiger partial charge in [-0.05, 0) is 25.7 Å². The van der Waals surface area contributed by atoms with Gasteiger partial charge in [-0.15, -0.1) is 0 Å². The maximum absolute atomic E-state index is 12.7. The SMILES string of the molecule is CCCC[N+](CCC)(CCC)CCCC.O=S(=O)([O-])C(F)(F)C(F)(F)C(F)(F)C(F)(F)C(F)(F)C(F)(F)F. The quantitative estimate of drug-likeness (QED) is 0.110. The molecule has 0 N–H and O–H groups in total. The normalized spacial score (nSPS) is 14.8. The number of hydrogen-bond donors (Lipinski definition) is 0. The van der Waals surface area contributed by atoms with Crippen molar-refractivity contribution in [1.29, 1.82) is 0 Å². The van der Waals surface area contributed by atoms with Gasteiger partial charge in [-0.25, -0.2) is 8.42 Å². The second-order valence-electron chi connectivity index (χ2n) is 8.71. The molecule has 0 aromatic rings. The van der Waals surface area contributed by atoms with Crippen molar-refractivity contribution < 1.29 is 74.5 Å². The third kappa shape index (κ3) is 8.01. The highest BCUT2D eigenvalue weighted by molar-refractivity contribution is 7.86. The fourth-order valence-electron chi connectivity index (χ4n) is 3.52. The summed E-state index contributed by atoms with van der Waals surface area (Å²) in [6.07, 6.45) is 0.578. The Morgan fingerprint density at radius 1 is 0.526 bits per heavy atom. The number of nitrogens with zero attached hydrogens (tertiary/aromatic N) is 1. The molecule has 0 aromatic carbocycles. The molecule has 0 aromatic heterocycles. The average molecular weight is 614 g/mol. The Kier molecular flexibility index (Phi) is 13.9. The summed E-state index contributed by atoms with van der Waals surface area (Å²) in [7, 11) is -7.86. The van der Waals surface area contributed by atoms with Gasteiger partial charge < -0.3 is 9.04 Å². The standard InChI is InChI=1S/C14H32N.C6HF13O3S/c1-5-9-13-15(11-7-3,12-8-4)14-10-6-2;7-1(8,3(11,12)5(15,16)17)2(9,10)4(13,14)6(18,19)23(20,21)22/h5-14H2,1-4H3;(H,20,21,22)/q+1;/p-1. The Bertz CT molecular complexity index is 799. The lowest BCUT2D eigenvalue weighted by Crippen LogP contribution is -2.71. The summed E-state index contributed by atoms with van der Waals surface area (Å²) >= 11 is 0. The summed E-state index contributed by atoms with van der Waals surface area (Å²) in [5.41, 5.74) is 0. The number of quaternary nitrogens is 1. The Balaban J connectivity index is 0. The first-order chi connectivity index (χ1) is 16.7. The molecule has 18 heteroatoms. The van der Waals surface area contributed by atoms with E-state index in [1.807, 2.05) is 0 Å². The predicted molar refractivity (Wildman–Crippen MR) is 111 cm³/mol. The minimum absolute atomic E-state index is 1.34. The largest absolute Gasteiger partial charge is 0.743 e. The van der Waals surface area contributed by atoms with Crippen LogP contribution in [-0.2, 0) is 10.1 Å². The molecule has 4 nitrogen and oxygen atoms in total. The van der Waals surface area contributed by atoms with E-state index in [0.29, 0.717) is 0 Å². The average Bonchev–Trinajstić information content (AvgIpc) is 2.75. The van der Waals surface area contributed by atoms with Gasteiger partial charge >= 0.3 is 35.1 Å². The lowest BCUT2D eigenvalue weighted by atomic mass is 9.98. The van der Waals surface area contributed by atoms with E-state index in [1.165, 1.54) is 69.2 Å². The number of rotatable bonds is 15. The summed E-state index contributed by atoms with van der Waals surface area (Å²) < 4.78 is 191. The van der Waals surface area contributed by atoms with Gasteiger partial charge in [0.05, 0.1) is 26.2 Å². The van der Waals surface area contributed by atoms with Gasteiger partial charge in [0.1, 0.15) is 0 Å². The third-order valence-corrected chi connectivity index (χ3v) is 6.47. The summed E-state index contributed by atoms with van der Waals surface area (Å²) in [5.74, 6) is -32.6. The third-order valence-electron chi connectivity index (χ3n) is 5.59. The molecule has 0 unspecified atom stereocenters. The van der Waals surface area contributed by atoms with E-state index in [-0.39, 0.29) is 0 Å². The minimum atomic E-state index is -8.29. The van der Waals surface area contributed by atoms with E-state index >= 15 is 0 Å². The summed E-state index contributed by atoms with van der Waals surface area (Å²) in [6, 6.07) is 0. The Morgan fingerprint density at radius 2 is 0.842 bits per heavy atom. The van der Waals surface area contributed by atoms with Crippen LogP contribution in [0.15, 0.2) is 0 Å². The molecule has 232 valence electrons. The van der Waals surface area contributed by atoms with E-state index in [9.17, 15) is 70.0 Å². The molecule has 0 aliphatic heterocycles. The molecule has 0 aliphatic rings. The number of halogens is 13. The zero-order valence-corrected chi connectivity index (χ0v) is 21.9. The topological polar surface area (TPSA) is 57.2 Å². The highest BCUT2D eigenvalue weighted by atomic mass is 32.2. The Morgan fingerprint density at radius 3 is 1.08 bits per heavy atom. The molecule has 0 saturated carbocycles. The summed E-state index contributed by atoms with van der Waals surface area (Å²) in [5, 5.41) is -7.63. The van der Waals surface area contributed by atoms with Crippen LogP contribution in [0.1, 0.15) is 66.2 Å². The van der Waals surface area contributed by atoms with E-state index in [2.05, 4.69) is 27.7 Å². The van der Waals surface area contributed by atoms with Crippen LogP contribution < -0.4 is 0 Å². The molecule has 0 saturated heterocycles. The van der Waals surface area contributed by atoms with Crippen molar-refractivity contribution >= 4 is 10.1 Å². The van der Waals surface area contributed by atoms with Crippen molar-refractivity contribution in [2.45, 2.75) is 101 Å². The molecular formula is C20H32F13NO3S. The first-order valence-electron chi connectivity index (χ1n) is 11.5. The van der Waals surface area contributed by atoms with Crippen LogP contribution in [0.5, 0.6) is 0 Å². The van der Waals surface area contributed by atoms with E-state index in [1.54, 1.807) is 0 Å². The molecule has 0 radical (unpaired) electrons. The smallest absolute Gasteiger partial charge is 0.460 e. The highest BCUT2D eigenvalue weighted by Crippen LogP contribution is 2.60. The van der Waals surface area contributed by atoms with E-state index in [4.69, 9.17) is 0 Å². The van der Waals surface area contributed by atoms with E-state index in [0.717, 1.165) is 0 Å². The van der Waals surface area contributed by atoms with Crippen molar-refractivity contribution in [3.8, 4) is 0 Å². The van der Waals surface area contributed by atoms with Crippen LogP contribution >= 0.6 is 0 Å². The molecule has 0 rings (SSSR count). The van der Waals surface area contributed by atoms with Gasteiger partial charge in [0.15, 0.2) is 10.1 Å². The minimum Gasteiger partial charge on any atom is -0.743 e. The molecule has 0 bridgehead atoms. The van der Waals surface area contributed by atoms with Gasteiger partial charge in [0, 0.05) is 0 Å². The Hall–Kier alpha value is -1.04. The van der Waals surface area contributed by atoms with Gasteiger partial charge in [0.25, 0.3) is 0 Å². The molecule has 0 atom stereocenters. The number of hydrogen-bond acceptors (Lipinski definition) is 3. The van der Waals surface area contributed by atoms with Crippen molar-refractivity contribution in [2.24, 2.45) is 0 Å². The van der Waals surface area contributed by atoms with Gasteiger partial charge in [0.2, 0.25) is 0 Å². The maximum Gasteiger partial charge on any atom is 0.460 e. The zero-order chi connectivity index (χ0) is 31.1. The molecular weight excluding hydrogens is 581 g/mol. The second kappa shape index (κ2) is 13.5. The molecule has 0 aliphatic carbocycles. The molecule has 0 amide bonds. The first kappa shape index (κ1) is 39.1. The Labute approximate surface area is 212 Å². The van der Waals surface area contributed by atoms with Gasteiger partial charge in [-0.3, -0.25) is 0 Å². The highest BCUT2D eigenvalue weighted by Gasteiger charge is 2.91. The number of alkyl halides is 13. The molecule has 0 fully saturated rings. The van der Waals surface area contributed by atoms with Crippen molar-refractivity contribution in [3.05, 3.63) is 0 Å². The van der Waals surface area contributed by atoms with Crippen LogP contribution in [0.25, 0.3) is 0 Å². The second-order valence-corrected chi connectivity index (χ2v) is 10.1. The zero-order valence-electron chi connectivity index (χ0n) is 21.1. The van der Waals surface area contributed by atoms with E-state index < -0.39 is 45.2 Å². The van der Waals surface area contributed by atoms with Crippen molar-refractivity contribution in [1.82, 2.24) is 0 Å². The number of unbranched alkanes of at least 4 members (excludes halogenated alkanes) is 2. The summed E-state index contributed by atoms with van der Waals surface area (Å²) in [6.45, 7) is 14.9. The van der Waals surface area contributed by atoms with Crippen LogP contribution in [0, 0.1) is 0 Å². The van der Waals surface area contributed by atoms with Crippen molar-refractivity contribution in [2.75, 3.05) is 26.2 Å². The summed E-state index contributed by atoms with van der Waals surface area (Å²) in [4.78, 5) is 0. The van der Waals surface area contributed by atoms with Crippen molar-refractivity contribution in [3.63, 3.8) is 0 Å². The monoisotopic (exact) mass is 613 g/mol. The predicted octanol–water partition coefficient (Wildman–Crippen LogP) is 7.45. The van der Waals surface area contributed by atoms with Crippen LogP contribution in [-0.4, -0.2) is 78.8 Å². The fourth-order valence-corrected chi connectivity index (χ4v) is 3.96. The van der Waals surface area contributed by atoms with Gasteiger partial charge in [-0.2, -0.15) is 57.1 Å². The lowest BCUT2D eigenvalue weighted by molar-refractivity contribution is -0.928. The van der Waals surface area contributed by atoms with Gasteiger partial charge in [-0.1, -0.05) is 40.5 Å². The maximum atomic E-state index is 12.7. The van der Waals surface area contributed by atoms with Crippen LogP contribution in [0.3, 0.4) is 0 Å². The molecule has 0 spiro atoms. The molecule has 0 heterocycles.